The average Bonchev–Trinajstić information content (AvgIpc) is 2.94. The van der Waals surface area contributed by atoms with Crippen molar-refractivity contribution >= 4 is 18.4 Å². The Labute approximate surface area is 288 Å². The Bertz CT molecular complexity index is 1200. The van der Waals surface area contributed by atoms with Crippen LogP contribution in [0.1, 0.15) is 114 Å². The van der Waals surface area contributed by atoms with Gasteiger partial charge >= 0.3 is 0 Å². The van der Waals surface area contributed by atoms with E-state index in [1.807, 2.05) is 39.0 Å². The van der Waals surface area contributed by atoms with Gasteiger partial charge in [-0.05, 0) is 88.4 Å². The Morgan fingerprint density at radius 1 is 1.04 bits per heavy atom. The van der Waals surface area contributed by atoms with Gasteiger partial charge in [-0.3, -0.25) is 4.18 Å². The summed E-state index contributed by atoms with van der Waals surface area (Å²) in [5.74, 6) is -1.06. The molecule has 1 N–H and O–H groups in total. The normalized spacial score (nSPS) is 24.5. The molecule has 0 spiro atoms. The van der Waals surface area contributed by atoms with Crippen molar-refractivity contribution < 1.29 is 36.3 Å². The Balaban J connectivity index is 2.53. The van der Waals surface area contributed by atoms with Gasteiger partial charge in [0, 0.05) is 5.92 Å². The average molecular weight is 701 g/mol. The molecule has 0 saturated carbocycles. The van der Waals surface area contributed by atoms with E-state index in [0.29, 0.717) is 38.9 Å². The highest BCUT2D eigenvalue weighted by Crippen LogP contribution is 2.46. The molecular weight excluding hydrogens is 633 g/mol. The molecule has 0 bridgehead atoms. The summed E-state index contributed by atoms with van der Waals surface area (Å²) in [6.45, 7) is 28.1. The van der Waals surface area contributed by atoms with Gasteiger partial charge in [-0.25, -0.2) is 0 Å². The maximum atomic E-state index is 12.8. The molecule has 274 valence electrons. The molecule has 1 saturated heterocycles. The summed E-state index contributed by atoms with van der Waals surface area (Å²) < 4.78 is 57.8. The van der Waals surface area contributed by atoms with Crippen LogP contribution < -0.4 is 0 Å². The van der Waals surface area contributed by atoms with Gasteiger partial charge in [0.1, 0.15) is 6.10 Å². The van der Waals surface area contributed by atoms with E-state index in [1.54, 1.807) is 6.92 Å². The molecule has 1 aliphatic rings. The van der Waals surface area contributed by atoms with Crippen molar-refractivity contribution in [1.82, 2.24) is 0 Å². The van der Waals surface area contributed by atoms with Crippen LogP contribution in [-0.4, -0.2) is 70.0 Å². The minimum Gasteiger partial charge on any atom is -0.409 e. The quantitative estimate of drug-likeness (QED) is 0.120. The zero-order valence-corrected chi connectivity index (χ0v) is 33.8. The summed E-state index contributed by atoms with van der Waals surface area (Å²) in [4.78, 5) is 0. The zero-order chi connectivity index (χ0) is 36.1. The summed E-state index contributed by atoms with van der Waals surface area (Å²) in [5, 5.41) is 12.2. The molecule has 0 unspecified atom stereocenters. The third kappa shape index (κ3) is 11.9. The van der Waals surface area contributed by atoms with Gasteiger partial charge in [0.25, 0.3) is 10.1 Å². The van der Waals surface area contributed by atoms with Crippen molar-refractivity contribution in [2.75, 3.05) is 12.9 Å². The standard InChI is InChI=1S/C37H68O8SSi/c1-15-30-26-42-35(9,10)43-32(30)27(4)23-36(11,38)33(44-46(12,39)40)28(5)24-37(17-3,45-47(13,14)34(6,7)8)31(16-2)41-25-29-21-19-18-20-22-29/h18-22,27-28,30-33,38H,15-17,23-26H2,1-14H3/t27-,28+,30-,31-,32-,33-,36+,37+/m0/s1. The summed E-state index contributed by atoms with van der Waals surface area (Å²) in [6, 6.07) is 10.1. The zero-order valence-electron chi connectivity index (χ0n) is 32.0. The van der Waals surface area contributed by atoms with Crippen molar-refractivity contribution in [2.45, 2.75) is 168 Å². The molecule has 2 rings (SSSR count). The third-order valence-electron chi connectivity index (χ3n) is 10.5. The van der Waals surface area contributed by atoms with Gasteiger partial charge in [-0.2, -0.15) is 8.42 Å². The number of aliphatic hydroxyl groups is 1. The van der Waals surface area contributed by atoms with Crippen LogP contribution in [0.5, 0.6) is 0 Å². The predicted molar refractivity (Wildman–Crippen MR) is 193 cm³/mol. The smallest absolute Gasteiger partial charge is 0.264 e. The monoisotopic (exact) mass is 700 g/mol. The third-order valence-corrected chi connectivity index (χ3v) is 15.6. The Morgan fingerprint density at radius 3 is 2.13 bits per heavy atom. The maximum Gasteiger partial charge on any atom is 0.264 e. The molecule has 47 heavy (non-hydrogen) atoms. The second-order valence-electron chi connectivity index (χ2n) is 16.4. The lowest BCUT2D eigenvalue weighted by Crippen LogP contribution is -2.58. The fourth-order valence-electron chi connectivity index (χ4n) is 7.08. The van der Waals surface area contributed by atoms with Crippen LogP contribution in [-0.2, 0) is 39.5 Å². The molecular formula is C37H68O8SSi. The van der Waals surface area contributed by atoms with Crippen LogP contribution in [0, 0.1) is 17.8 Å². The number of hydrogen-bond donors (Lipinski definition) is 1. The van der Waals surface area contributed by atoms with E-state index in [4.69, 9.17) is 22.8 Å². The SMILES string of the molecule is CC[C@H]1COC(C)(C)O[C@H]1[C@@H](C)C[C@@](C)(O)[C@@H](OS(C)(=O)=O)[C@H](C)C[C@@](CC)(O[Si](C)(C)C(C)(C)C)[C@H](CC)OCc1ccccc1. The minimum absolute atomic E-state index is 0.0642. The molecule has 8 nitrogen and oxygen atoms in total. The van der Waals surface area contributed by atoms with E-state index >= 15 is 0 Å². The van der Waals surface area contributed by atoms with E-state index in [0.717, 1.165) is 18.2 Å². The first-order chi connectivity index (χ1) is 21.4. The number of ether oxygens (including phenoxy) is 3. The van der Waals surface area contributed by atoms with E-state index < -0.39 is 47.4 Å². The van der Waals surface area contributed by atoms with Crippen LogP contribution in [0.3, 0.4) is 0 Å². The Hall–Kier alpha value is -0.853. The second kappa shape index (κ2) is 16.4. The molecule has 1 fully saturated rings. The highest BCUT2D eigenvalue weighted by molar-refractivity contribution is 7.86. The predicted octanol–water partition coefficient (Wildman–Crippen LogP) is 8.48. The summed E-state index contributed by atoms with van der Waals surface area (Å²) >= 11 is 0. The van der Waals surface area contributed by atoms with Crippen LogP contribution in [0.2, 0.25) is 18.1 Å². The molecule has 0 aliphatic carbocycles. The Kier molecular flexibility index (Phi) is 14.8. The summed E-state index contributed by atoms with van der Waals surface area (Å²) in [5.41, 5.74) is -1.15. The van der Waals surface area contributed by atoms with Gasteiger partial charge in [0.2, 0.25) is 0 Å². The summed E-state index contributed by atoms with van der Waals surface area (Å²) in [7, 11) is -6.26. The lowest BCUT2D eigenvalue weighted by Gasteiger charge is -2.51. The molecule has 1 aliphatic heterocycles. The van der Waals surface area contributed by atoms with E-state index in [-0.39, 0.29) is 29.1 Å². The van der Waals surface area contributed by atoms with Crippen LogP contribution >= 0.6 is 0 Å². The molecule has 8 atom stereocenters. The Morgan fingerprint density at radius 2 is 1.64 bits per heavy atom. The fourth-order valence-corrected chi connectivity index (χ4v) is 9.54. The largest absolute Gasteiger partial charge is 0.409 e. The molecule has 1 aromatic carbocycles. The van der Waals surface area contributed by atoms with E-state index in [1.165, 1.54) is 0 Å². The van der Waals surface area contributed by atoms with Crippen LogP contribution in [0.4, 0.5) is 0 Å². The number of hydrogen-bond acceptors (Lipinski definition) is 8. The highest BCUT2D eigenvalue weighted by Gasteiger charge is 2.51. The van der Waals surface area contributed by atoms with Gasteiger partial charge < -0.3 is 23.7 Å². The van der Waals surface area contributed by atoms with E-state index in [9.17, 15) is 13.5 Å². The van der Waals surface area contributed by atoms with Gasteiger partial charge in [-0.1, -0.05) is 85.7 Å². The molecule has 1 heterocycles. The fraction of sp³-hybridized carbons (Fsp3) is 0.838. The van der Waals surface area contributed by atoms with Crippen molar-refractivity contribution in [2.24, 2.45) is 17.8 Å². The first kappa shape index (κ1) is 42.3. The molecule has 10 heteroatoms. The summed E-state index contributed by atoms with van der Waals surface area (Å²) in [6.07, 6.45) is 2.59. The topological polar surface area (TPSA) is 101 Å². The maximum absolute atomic E-state index is 12.8. The van der Waals surface area contributed by atoms with Crippen molar-refractivity contribution in [3.05, 3.63) is 35.9 Å². The lowest BCUT2D eigenvalue weighted by atomic mass is 9.74. The van der Waals surface area contributed by atoms with Crippen LogP contribution in [0.15, 0.2) is 30.3 Å². The van der Waals surface area contributed by atoms with E-state index in [2.05, 4.69) is 73.7 Å². The number of benzene rings is 1. The highest BCUT2D eigenvalue weighted by atomic mass is 32.2. The van der Waals surface area contributed by atoms with Gasteiger partial charge in [0.15, 0.2) is 14.1 Å². The van der Waals surface area contributed by atoms with Crippen molar-refractivity contribution in [3.8, 4) is 0 Å². The van der Waals surface area contributed by atoms with Crippen molar-refractivity contribution in [3.63, 3.8) is 0 Å². The molecule has 0 amide bonds. The molecule has 1 aromatic rings. The first-order valence-corrected chi connectivity index (χ1v) is 22.4. The van der Waals surface area contributed by atoms with Crippen molar-refractivity contribution in [1.29, 1.82) is 0 Å². The first-order valence-electron chi connectivity index (χ1n) is 17.7. The molecule has 0 radical (unpaired) electrons. The van der Waals surface area contributed by atoms with Crippen LogP contribution in [0.25, 0.3) is 0 Å². The molecule has 0 aromatic heterocycles. The number of rotatable bonds is 18. The second-order valence-corrected chi connectivity index (χ2v) is 22.7. The van der Waals surface area contributed by atoms with Gasteiger partial charge in [0.05, 0.1) is 42.9 Å². The van der Waals surface area contributed by atoms with Gasteiger partial charge in [-0.15, -0.1) is 0 Å². The lowest BCUT2D eigenvalue weighted by molar-refractivity contribution is -0.304. The minimum atomic E-state index is -3.91.